The van der Waals surface area contributed by atoms with Crippen molar-refractivity contribution in [2.75, 3.05) is 19.8 Å². The van der Waals surface area contributed by atoms with Gasteiger partial charge in [-0.05, 0) is 39.8 Å². The van der Waals surface area contributed by atoms with Gasteiger partial charge in [0.15, 0.2) is 0 Å². The van der Waals surface area contributed by atoms with Crippen molar-refractivity contribution in [1.82, 2.24) is 4.90 Å². The molecular formula is C31H33NO4. The second kappa shape index (κ2) is 9.38. The predicted molar refractivity (Wildman–Crippen MR) is 139 cm³/mol. The molecule has 1 amide bonds. The fraction of sp³-hybridized carbons (Fsp3) is 0.387. The number of benzene rings is 3. The average Bonchev–Trinajstić information content (AvgIpc) is 3.21. The van der Waals surface area contributed by atoms with Gasteiger partial charge < -0.3 is 14.6 Å². The SMILES string of the molecule is CCCc1ccc(C2(O)CC3COCC(C2)N3C(=O)OCC2c3ccccc3-c3ccccc32)cc1. The maximum absolute atomic E-state index is 13.4. The molecule has 5 nitrogen and oxygen atoms in total. The van der Waals surface area contributed by atoms with E-state index in [0.29, 0.717) is 32.7 Å². The Hall–Kier alpha value is -3.15. The lowest BCUT2D eigenvalue weighted by Gasteiger charge is -2.51. The van der Waals surface area contributed by atoms with Crippen molar-refractivity contribution in [3.63, 3.8) is 0 Å². The third-order valence-electron chi connectivity index (χ3n) is 8.13. The van der Waals surface area contributed by atoms with Crippen LogP contribution in [-0.2, 0) is 21.5 Å². The minimum atomic E-state index is -0.968. The summed E-state index contributed by atoms with van der Waals surface area (Å²) in [4.78, 5) is 15.3. The normalized spacial score (nSPS) is 24.8. The van der Waals surface area contributed by atoms with Gasteiger partial charge in [-0.15, -0.1) is 0 Å². The molecule has 1 aliphatic carbocycles. The van der Waals surface area contributed by atoms with Crippen molar-refractivity contribution in [1.29, 1.82) is 0 Å². The van der Waals surface area contributed by atoms with Crippen LogP contribution in [0.15, 0.2) is 72.8 Å². The minimum Gasteiger partial charge on any atom is -0.448 e. The van der Waals surface area contributed by atoms with Crippen LogP contribution in [0.3, 0.4) is 0 Å². The quantitative estimate of drug-likeness (QED) is 0.510. The third-order valence-corrected chi connectivity index (χ3v) is 8.13. The van der Waals surface area contributed by atoms with Gasteiger partial charge in [-0.25, -0.2) is 4.79 Å². The van der Waals surface area contributed by atoms with Gasteiger partial charge in [0, 0.05) is 18.8 Å². The van der Waals surface area contributed by atoms with E-state index in [4.69, 9.17) is 9.47 Å². The predicted octanol–water partition coefficient (Wildman–Crippen LogP) is 5.64. The highest BCUT2D eigenvalue weighted by Gasteiger charge is 2.49. The molecule has 0 saturated carbocycles. The van der Waals surface area contributed by atoms with Gasteiger partial charge >= 0.3 is 6.09 Å². The molecule has 2 bridgehead atoms. The second-order valence-corrected chi connectivity index (χ2v) is 10.4. The Morgan fingerprint density at radius 3 is 2.11 bits per heavy atom. The first-order chi connectivity index (χ1) is 17.6. The Morgan fingerprint density at radius 2 is 1.53 bits per heavy atom. The zero-order chi connectivity index (χ0) is 24.7. The highest BCUT2D eigenvalue weighted by Crippen LogP contribution is 2.45. The molecule has 0 aromatic heterocycles. The van der Waals surface area contributed by atoms with Crippen LogP contribution in [0.2, 0.25) is 0 Å². The molecule has 3 aromatic rings. The van der Waals surface area contributed by atoms with Crippen molar-refractivity contribution in [3.8, 4) is 11.1 Å². The van der Waals surface area contributed by atoms with E-state index >= 15 is 0 Å². The molecule has 2 aliphatic heterocycles. The smallest absolute Gasteiger partial charge is 0.410 e. The Bertz CT molecular complexity index is 1190. The number of nitrogens with zero attached hydrogens (tertiary/aromatic N) is 1. The van der Waals surface area contributed by atoms with Gasteiger partial charge in [-0.3, -0.25) is 4.90 Å². The first kappa shape index (κ1) is 23.3. The summed E-state index contributed by atoms with van der Waals surface area (Å²) in [6, 6.07) is 24.6. The van der Waals surface area contributed by atoms with Gasteiger partial charge in [0.05, 0.1) is 30.9 Å². The highest BCUT2D eigenvalue weighted by molar-refractivity contribution is 5.79. The number of ether oxygens (including phenoxy) is 2. The number of hydrogen-bond acceptors (Lipinski definition) is 4. The van der Waals surface area contributed by atoms with E-state index in [0.717, 1.165) is 18.4 Å². The number of fused-ring (bicyclic) bond motifs is 5. The zero-order valence-electron chi connectivity index (χ0n) is 20.7. The van der Waals surface area contributed by atoms with Crippen molar-refractivity contribution in [3.05, 3.63) is 95.1 Å². The Kier molecular flexibility index (Phi) is 6.06. The molecule has 2 heterocycles. The van der Waals surface area contributed by atoms with Gasteiger partial charge in [0.2, 0.25) is 0 Å². The van der Waals surface area contributed by atoms with Crippen molar-refractivity contribution in [2.45, 2.75) is 56.2 Å². The highest BCUT2D eigenvalue weighted by atomic mass is 16.6. The maximum atomic E-state index is 13.4. The first-order valence-corrected chi connectivity index (χ1v) is 13.1. The van der Waals surface area contributed by atoms with Crippen LogP contribution in [0.5, 0.6) is 0 Å². The van der Waals surface area contributed by atoms with Gasteiger partial charge in [0.25, 0.3) is 0 Å². The van der Waals surface area contributed by atoms with Gasteiger partial charge in [0.1, 0.15) is 6.61 Å². The third kappa shape index (κ3) is 4.00. The number of amides is 1. The number of carbonyl (C=O) groups is 1. The summed E-state index contributed by atoms with van der Waals surface area (Å²) in [5.74, 6) is 0.0285. The van der Waals surface area contributed by atoms with Crippen molar-refractivity contribution in [2.24, 2.45) is 0 Å². The maximum Gasteiger partial charge on any atom is 0.410 e. The standard InChI is InChI=1S/C31H33NO4/c1-2-7-21-12-14-22(15-13-21)31(34)16-23-18-35-19-24(17-31)32(23)30(33)36-20-29-27-10-5-3-8-25(27)26-9-4-6-11-28(26)29/h3-6,8-15,23-24,29,34H,2,7,16-20H2,1H3. The molecule has 186 valence electrons. The van der Waals surface area contributed by atoms with E-state index < -0.39 is 5.60 Å². The lowest BCUT2D eigenvalue weighted by atomic mass is 9.77. The molecule has 0 radical (unpaired) electrons. The fourth-order valence-corrected chi connectivity index (χ4v) is 6.45. The lowest BCUT2D eigenvalue weighted by molar-refractivity contribution is -0.136. The summed E-state index contributed by atoms with van der Waals surface area (Å²) in [7, 11) is 0. The number of hydrogen-bond donors (Lipinski definition) is 1. The average molecular weight is 484 g/mol. The Labute approximate surface area is 212 Å². The summed E-state index contributed by atoms with van der Waals surface area (Å²) < 4.78 is 11.8. The summed E-state index contributed by atoms with van der Waals surface area (Å²) in [6.07, 6.45) is 2.71. The van der Waals surface area contributed by atoms with Gasteiger partial charge in [-0.2, -0.15) is 0 Å². The molecule has 2 unspecified atom stereocenters. The Balaban J connectivity index is 1.18. The van der Waals surface area contributed by atoms with Gasteiger partial charge in [-0.1, -0.05) is 86.1 Å². The molecule has 5 heteroatoms. The molecule has 2 atom stereocenters. The summed E-state index contributed by atoms with van der Waals surface area (Å²) in [6.45, 7) is 3.29. The molecule has 3 aromatic carbocycles. The number of carbonyl (C=O) groups excluding carboxylic acids is 1. The number of aliphatic hydroxyl groups is 1. The first-order valence-electron chi connectivity index (χ1n) is 13.1. The van der Waals surface area contributed by atoms with Crippen LogP contribution in [0.4, 0.5) is 4.79 Å². The lowest BCUT2D eigenvalue weighted by Crippen LogP contribution is -2.62. The number of morpholine rings is 1. The van der Waals surface area contributed by atoms with Crippen LogP contribution in [0.25, 0.3) is 11.1 Å². The minimum absolute atomic E-state index is 0.0285. The van der Waals surface area contributed by atoms with Crippen LogP contribution in [-0.4, -0.2) is 48.0 Å². The van der Waals surface area contributed by atoms with Crippen LogP contribution in [0, 0.1) is 0 Å². The second-order valence-electron chi connectivity index (χ2n) is 10.4. The molecule has 2 fully saturated rings. The van der Waals surface area contributed by atoms with Crippen molar-refractivity contribution < 1.29 is 19.4 Å². The fourth-order valence-electron chi connectivity index (χ4n) is 6.45. The summed E-state index contributed by atoms with van der Waals surface area (Å²) in [5.41, 5.74) is 6.07. The van der Waals surface area contributed by atoms with E-state index in [1.54, 1.807) is 0 Å². The molecule has 6 rings (SSSR count). The molecule has 2 saturated heterocycles. The van der Waals surface area contributed by atoms with Crippen LogP contribution < -0.4 is 0 Å². The summed E-state index contributed by atoms with van der Waals surface area (Å²) >= 11 is 0. The molecule has 36 heavy (non-hydrogen) atoms. The topological polar surface area (TPSA) is 59.0 Å². The number of piperidine rings is 1. The van der Waals surface area contributed by atoms with E-state index in [2.05, 4.69) is 55.5 Å². The van der Waals surface area contributed by atoms with Crippen LogP contribution in [0.1, 0.15) is 54.4 Å². The number of aryl methyl sites for hydroxylation is 1. The largest absolute Gasteiger partial charge is 0.448 e. The van der Waals surface area contributed by atoms with Crippen molar-refractivity contribution >= 4 is 6.09 Å². The molecule has 1 N–H and O–H groups in total. The van der Waals surface area contributed by atoms with E-state index in [-0.39, 0.29) is 24.1 Å². The monoisotopic (exact) mass is 483 g/mol. The molecule has 3 aliphatic rings. The Morgan fingerprint density at radius 1 is 0.944 bits per heavy atom. The number of rotatable bonds is 5. The van der Waals surface area contributed by atoms with E-state index in [9.17, 15) is 9.90 Å². The summed E-state index contributed by atoms with van der Waals surface area (Å²) in [5, 5.41) is 11.7. The zero-order valence-corrected chi connectivity index (χ0v) is 20.7. The van der Waals surface area contributed by atoms with Crippen LogP contribution >= 0.6 is 0 Å². The van der Waals surface area contributed by atoms with E-state index in [1.165, 1.54) is 27.8 Å². The molecule has 0 spiro atoms. The molecular weight excluding hydrogens is 450 g/mol. The van der Waals surface area contributed by atoms with E-state index in [1.807, 2.05) is 29.2 Å².